The third-order valence-electron chi connectivity index (χ3n) is 2.07. The highest BCUT2D eigenvalue weighted by atomic mass is 32.2. The molecule has 7 heteroatoms. The molecule has 1 aliphatic rings. The van der Waals surface area contributed by atoms with Crippen molar-refractivity contribution in [1.29, 1.82) is 0 Å². The van der Waals surface area contributed by atoms with Gasteiger partial charge in [0.1, 0.15) is 0 Å². The molecule has 0 bridgehead atoms. The summed E-state index contributed by atoms with van der Waals surface area (Å²) in [5, 5.41) is 5.62. The van der Waals surface area contributed by atoms with Crippen molar-refractivity contribution in [2.75, 3.05) is 18.8 Å². The van der Waals surface area contributed by atoms with Gasteiger partial charge in [-0.1, -0.05) is 0 Å². The maximum atomic E-state index is 11.7. The highest BCUT2D eigenvalue weighted by Crippen LogP contribution is 2.29. The summed E-state index contributed by atoms with van der Waals surface area (Å²) in [6.07, 6.45) is 2.02. The average molecular weight is 242 g/mol. The van der Waals surface area contributed by atoms with Gasteiger partial charge in [0.05, 0.1) is 5.75 Å². The second-order valence-corrected chi connectivity index (χ2v) is 4.37. The Morgan fingerprint density at radius 1 is 1.53 bits per heavy atom. The van der Waals surface area contributed by atoms with Crippen LogP contribution >= 0.6 is 11.8 Å². The first kappa shape index (κ1) is 12.6. The predicted molar refractivity (Wildman–Crippen MR) is 52.5 cm³/mol. The molecule has 1 rings (SSSR count). The van der Waals surface area contributed by atoms with Crippen LogP contribution in [0.15, 0.2) is 0 Å². The van der Waals surface area contributed by atoms with E-state index in [2.05, 4.69) is 10.6 Å². The number of alkyl halides is 3. The minimum atomic E-state index is -4.33. The summed E-state index contributed by atoms with van der Waals surface area (Å²) >= 11 is -0.308. The molecule has 1 amide bonds. The van der Waals surface area contributed by atoms with Crippen LogP contribution in [0.2, 0.25) is 0 Å². The van der Waals surface area contributed by atoms with Gasteiger partial charge in [0.2, 0.25) is 5.91 Å². The number of hydrogen-bond acceptors (Lipinski definition) is 3. The van der Waals surface area contributed by atoms with E-state index in [4.69, 9.17) is 0 Å². The summed E-state index contributed by atoms with van der Waals surface area (Å²) < 4.78 is 35.2. The molecule has 3 nitrogen and oxygen atoms in total. The van der Waals surface area contributed by atoms with Gasteiger partial charge in [0.15, 0.2) is 0 Å². The van der Waals surface area contributed by atoms with Crippen LogP contribution in [0, 0.1) is 0 Å². The van der Waals surface area contributed by atoms with Gasteiger partial charge in [-0.05, 0) is 31.1 Å². The molecule has 1 heterocycles. The normalized spacial score (nSPS) is 21.7. The fraction of sp³-hybridized carbons (Fsp3) is 0.875. The van der Waals surface area contributed by atoms with Crippen molar-refractivity contribution in [2.24, 2.45) is 0 Å². The second kappa shape index (κ2) is 5.60. The number of rotatable bonds is 4. The van der Waals surface area contributed by atoms with Crippen molar-refractivity contribution in [3.63, 3.8) is 0 Å². The standard InChI is InChI=1S/C8H13F3N2OS/c9-8(10,11)15-5-7(14)13-4-6-2-1-3-12-6/h6,12H,1-5H2,(H,13,14)/t6-/m0/s1. The Balaban J connectivity index is 2.08. The van der Waals surface area contributed by atoms with Crippen molar-refractivity contribution in [1.82, 2.24) is 10.6 Å². The van der Waals surface area contributed by atoms with Crippen LogP contribution in [0.5, 0.6) is 0 Å². The third kappa shape index (κ3) is 5.88. The molecule has 0 aromatic rings. The van der Waals surface area contributed by atoms with Gasteiger partial charge in [-0.15, -0.1) is 0 Å². The first-order chi connectivity index (χ1) is 6.97. The molecular formula is C8H13F3N2OS. The molecule has 0 spiro atoms. The molecule has 1 aliphatic heterocycles. The van der Waals surface area contributed by atoms with E-state index in [1.807, 2.05) is 0 Å². The molecule has 15 heavy (non-hydrogen) atoms. The van der Waals surface area contributed by atoms with Crippen molar-refractivity contribution in [3.05, 3.63) is 0 Å². The van der Waals surface area contributed by atoms with E-state index in [9.17, 15) is 18.0 Å². The lowest BCUT2D eigenvalue weighted by Crippen LogP contribution is -2.38. The van der Waals surface area contributed by atoms with Crippen LogP contribution in [0.4, 0.5) is 13.2 Å². The van der Waals surface area contributed by atoms with Crippen LogP contribution in [0.1, 0.15) is 12.8 Å². The van der Waals surface area contributed by atoms with E-state index in [0.717, 1.165) is 19.4 Å². The Bertz CT molecular complexity index is 216. The number of amides is 1. The van der Waals surface area contributed by atoms with Crippen LogP contribution in [-0.2, 0) is 4.79 Å². The third-order valence-corrected chi connectivity index (χ3v) is 2.81. The molecule has 0 radical (unpaired) electrons. The lowest BCUT2D eigenvalue weighted by atomic mass is 10.2. The van der Waals surface area contributed by atoms with Crippen LogP contribution in [-0.4, -0.2) is 36.3 Å². The Labute approximate surface area is 90.2 Å². The molecule has 1 fully saturated rings. The molecule has 0 saturated carbocycles. The van der Waals surface area contributed by atoms with Gasteiger partial charge >= 0.3 is 5.51 Å². The Kier molecular flexibility index (Phi) is 4.72. The van der Waals surface area contributed by atoms with Gasteiger partial charge in [-0.3, -0.25) is 4.79 Å². The first-order valence-electron chi connectivity index (χ1n) is 4.68. The van der Waals surface area contributed by atoms with E-state index in [1.54, 1.807) is 0 Å². The summed E-state index contributed by atoms with van der Waals surface area (Å²) in [4.78, 5) is 11.0. The average Bonchev–Trinajstić information content (AvgIpc) is 2.62. The van der Waals surface area contributed by atoms with E-state index in [-0.39, 0.29) is 17.8 Å². The number of hydrogen-bond donors (Lipinski definition) is 2. The second-order valence-electron chi connectivity index (χ2n) is 3.33. The van der Waals surface area contributed by atoms with Crippen molar-refractivity contribution < 1.29 is 18.0 Å². The smallest absolute Gasteiger partial charge is 0.354 e. The number of thioether (sulfide) groups is 1. The molecule has 0 aromatic carbocycles. The predicted octanol–water partition coefficient (Wildman–Crippen LogP) is 1.11. The van der Waals surface area contributed by atoms with Crippen molar-refractivity contribution in [2.45, 2.75) is 24.4 Å². The fourth-order valence-electron chi connectivity index (χ4n) is 1.37. The van der Waals surface area contributed by atoms with E-state index in [1.165, 1.54) is 0 Å². The van der Waals surface area contributed by atoms with Gasteiger partial charge in [-0.25, -0.2) is 0 Å². The Morgan fingerprint density at radius 3 is 2.80 bits per heavy atom. The molecule has 0 aliphatic carbocycles. The number of carbonyl (C=O) groups is 1. The lowest BCUT2D eigenvalue weighted by Gasteiger charge is -2.11. The van der Waals surface area contributed by atoms with Crippen LogP contribution in [0.3, 0.4) is 0 Å². The van der Waals surface area contributed by atoms with Crippen molar-refractivity contribution in [3.8, 4) is 0 Å². The van der Waals surface area contributed by atoms with Gasteiger partial charge < -0.3 is 10.6 Å². The van der Waals surface area contributed by atoms with Crippen molar-refractivity contribution >= 4 is 17.7 Å². The Hall–Kier alpha value is -0.430. The summed E-state index contributed by atoms with van der Waals surface area (Å²) in [6.45, 7) is 1.33. The summed E-state index contributed by atoms with van der Waals surface area (Å²) in [6, 6.07) is 0.213. The number of halogens is 3. The van der Waals surface area contributed by atoms with E-state index in [0.29, 0.717) is 6.54 Å². The quantitative estimate of drug-likeness (QED) is 0.776. The molecule has 88 valence electrons. The van der Waals surface area contributed by atoms with Crippen LogP contribution in [0.25, 0.3) is 0 Å². The monoisotopic (exact) mass is 242 g/mol. The maximum absolute atomic E-state index is 11.7. The van der Waals surface area contributed by atoms with Gasteiger partial charge in [0, 0.05) is 12.6 Å². The minimum Gasteiger partial charge on any atom is -0.354 e. The van der Waals surface area contributed by atoms with Gasteiger partial charge in [0.25, 0.3) is 0 Å². The first-order valence-corrected chi connectivity index (χ1v) is 5.67. The molecule has 1 atom stereocenters. The van der Waals surface area contributed by atoms with Gasteiger partial charge in [-0.2, -0.15) is 13.2 Å². The zero-order valence-electron chi connectivity index (χ0n) is 8.06. The molecule has 1 saturated heterocycles. The summed E-state index contributed by atoms with van der Waals surface area (Å²) in [7, 11) is 0. The van der Waals surface area contributed by atoms with E-state index >= 15 is 0 Å². The lowest BCUT2D eigenvalue weighted by molar-refractivity contribution is -0.118. The summed E-state index contributed by atoms with van der Waals surface area (Å²) in [5.41, 5.74) is -4.33. The Morgan fingerprint density at radius 2 is 2.27 bits per heavy atom. The SMILES string of the molecule is O=C(CSC(F)(F)F)NC[C@@H]1CCCN1. The minimum absolute atomic E-state index is 0.213. The fourth-order valence-corrected chi connectivity index (χ4v) is 1.76. The largest absolute Gasteiger partial charge is 0.442 e. The molecule has 0 unspecified atom stereocenters. The zero-order valence-corrected chi connectivity index (χ0v) is 8.88. The molecule has 0 aromatic heterocycles. The highest BCUT2D eigenvalue weighted by molar-refractivity contribution is 8.00. The highest BCUT2D eigenvalue weighted by Gasteiger charge is 2.29. The topological polar surface area (TPSA) is 41.1 Å². The van der Waals surface area contributed by atoms with Crippen LogP contribution < -0.4 is 10.6 Å². The van der Waals surface area contributed by atoms with E-state index < -0.39 is 17.2 Å². The number of nitrogens with one attached hydrogen (secondary N) is 2. The molecule has 2 N–H and O–H groups in total. The summed E-state index contributed by atoms with van der Waals surface area (Å²) in [5.74, 6) is -1.12. The number of carbonyl (C=O) groups excluding carboxylic acids is 1. The zero-order chi connectivity index (χ0) is 11.3. The maximum Gasteiger partial charge on any atom is 0.442 e. The molecular weight excluding hydrogens is 229 g/mol.